The molecule has 0 aliphatic rings. The van der Waals surface area contributed by atoms with E-state index >= 15 is 0 Å². The quantitative estimate of drug-likeness (QED) is 0.352. The van der Waals surface area contributed by atoms with Crippen molar-refractivity contribution in [1.29, 1.82) is 0 Å². The minimum absolute atomic E-state index is 0.506. The van der Waals surface area contributed by atoms with Crippen LogP contribution in [0.2, 0.25) is 0 Å². The number of methoxy groups -OCH3 is 1. The summed E-state index contributed by atoms with van der Waals surface area (Å²) in [6.07, 6.45) is 3.25. The molecular weight excluding hydrogens is 410 g/mol. The lowest BCUT2D eigenvalue weighted by molar-refractivity contribution is 0.415. The Labute approximate surface area is 183 Å². The second-order valence-corrected chi connectivity index (χ2v) is 7.96. The smallest absolute Gasteiger partial charge is 0.198 e. The zero-order valence-corrected chi connectivity index (χ0v) is 17.8. The summed E-state index contributed by atoms with van der Waals surface area (Å²) in [6.45, 7) is 2.56. The first-order chi connectivity index (χ1) is 15.2. The van der Waals surface area contributed by atoms with E-state index in [1.807, 2.05) is 53.1 Å². The van der Waals surface area contributed by atoms with Gasteiger partial charge in [-0.15, -0.1) is 10.2 Å². The molecule has 0 N–H and O–H groups in total. The fourth-order valence-corrected chi connectivity index (χ4v) is 4.22. The molecule has 0 saturated heterocycles. The van der Waals surface area contributed by atoms with E-state index in [1.165, 1.54) is 11.8 Å². The Bertz CT molecular complexity index is 1330. The number of fused-ring (bicyclic) bond motifs is 1. The Morgan fingerprint density at radius 2 is 1.90 bits per heavy atom. The highest BCUT2D eigenvalue weighted by atomic mass is 32.2. The van der Waals surface area contributed by atoms with Gasteiger partial charge in [-0.3, -0.25) is 4.57 Å². The van der Waals surface area contributed by atoms with Gasteiger partial charge in [0.1, 0.15) is 22.9 Å². The van der Waals surface area contributed by atoms with Crippen molar-refractivity contribution in [2.24, 2.45) is 0 Å². The maximum absolute atomic E-state index is 5.59. The molecule has 3 heterocycles. The molecular formula is C23H19N5O2S. The highest BCUT2D eigenvalue weighted by molar-refractivity contribution is 7.99. The van der Waals surface area contributed by atoms with Crippen LogP contribution in [0, 0.1) is 6.92 Å². The van der Waals surface area contributed by atoms with Gasteiger partial charge in [-0.05, 0) is 67.2 Å². The molecule has 31 heavy (non-hydrogen) atoms. The van der Waals surface area contributed by atoms with Crippen molar-refractivity contribution in [1.82, 2.24) is 24.7 Å². The van der Waals surface area contributed by atoms with E-state index in [1.54, 1.807) is 19.7 Å². The van der Waals surface area contributed by atoms with Crippen LogP contribution in [0.25, 0.3) is 22.3 Å². The normalized spacial score (nSPS) is 11.2. The standard InChI is InChI=1S/C23H19N5O2S/c1-15-5-10-20-19(12-15)22(25-14-24-20)31-23-27-26-21(16-6-8-17(29-2)9-7-16)28(23)13-18-4-3-11-30-18/h3-12,14H,13H2,1-2H3. The molecule has 7 nitrogen and oxygen atoms in total. The third-order valence-electron chi connectivity index (χ3n) is 4.90. The molecule has 8 heteroatoms. The van der Waals surface area contributed by atoms with Crippen molar-refractivity contribution < 1.29 is 9.15 Å². The SMILES string of the molecule is COc1ccc(-c2nnc(Sc3ncnc4ccc(C)cc34)n2Cc2ccco2)cc1. The third-order valence-corrected chi connectivity index (χ3v) is 5.90. The molecule has 0 fully saturated rings. The molecule has 0 bridgehead atoms. The Hall–Kier alpha value is -3.65. The average Bonchev–Trinajstić information content (AvgIpc) is 3.45. The van der Waals surface area contributed by atoms with Crippen LogP contribution in [0.15, 0.2) is 81.8 Å². The molecule has 0 amide bonds. The van der Waals surface area contributed by atoms with Gasteiger partial charge in [-0.1, -0.05) is 11.6 Å². The Morgan fingerprint density at radius 1 is 1.03 bits per heavy atom. The Morgan fingerprint density at radius 3 is 2.68 bits per heavy atom. The topological polar surface area (TPSA) is 78.9 Å². The minimum Gasteiger partial charge on any atom is -0.497 e. The molecule has 0 aliphatic carbocycles. The van der Waals surface area contributed by atoms with E-state index in [0.29, 0.717) is 6.54 Å². The number of aromatic nitrogens is 5. The van der Waals surface area contributed by atoms with Gasteiger partial charge >= 0.3 is 0 Å². The molecule has 5 aromatic rings. The lowest BCUT2D eigenvalue weighted by Gasteiger charge is -2.10. The number of aryl methyl sites for hydroxylation is 1. The summed E-state index contributed by atoms with van der Waals surface area (Å²) >= 11 is 1.47. The number of benzene rings is 2. The monoisotopic (exact) mass is 429 g/mol. The third kappa shape index (κ3) is 3.89. The van der Waals surface area contributed by atoms with Gasteiger partial charge in [0.2, 0.25) is 0 Å². The van der Waals surface area contributed by atoms with Crippen molar-refractivity contribution in [2.75, 3.05) is 7.11 Å². The summed E-state index contributed by atoms with van der Waals surface area (Å²) < 4.78 is 12.9. The van der Waals surface area contributed by atoms with Crippen molar-refractivity contribution in [3.8, 4) is 17.1 Å². The van der Waals surface area contributed by atoms with E-state index < -0.39 is 0 Å². The molecule has 0 unspecified atom stereocenters. The molecule has 2 aromatic carbocycles. The highest BCUT2D eigenvalue weighted by Gasteiger charge is 2.18. The average molecular weight is 430 g/mol. The molecule has 0 saturated carbocycles. The largest absolute Gasteiger partial charge is 0.497 e. The fourth-order valence-electron chi connectivity index (χ4n) is 3.33. The van der Waals surface area contributed by atoms with Crippen LogP contribution in [-0.2, 0) is 6.54 Å². The van der Waals surface area contributed by atoms with Gasteiger partial charge in [0.25, 0.3) is 0 Å². The van der Waals surface area contributed by atoms with E-state index in [-0.39, 0.29) is 0 Å². The van der Waals surface area contributed by atoms with Crippen molar-refractivity contribution in [3.05, 3.63) is 78.5 Å². The number of rotatable bonds is 6. The van der Waals surface area contributed by atoms with Crippen LogP contribution in [0.5, 0.6) is 5.75 Å². The van der Waals surface area contributed by atoms with Crippen LogP contribution < -0.4 is 4.74 Å². The molecule has 5 rings (SSSR count). The first-order valence-corrected chi connectivity index (χ1v) is 10.5. The summed E-state index contributed by atoms with van der Waals surface area (Å²) in [5, 5.41) is 11.5. The summed E-state index contributed by atoms with van der Waals surface area (Å²) in [7, 11) is 1.65. The van der Waals surface area contributed by atoms with Crippen molar-refractivity contribution >= 4 is 22.7 Å². The second-order valence-electron chi connectivity index (χ2n) is 7.00. The van der Waals surface area contributed by atoms with Crippen molar-refractivity contribution in [3.63, 3.8) is 0 Å². The van der Waals surface area contributed by atoms with E-state index in [0.717, 1.165) is 49.5 Å². The minimum atomic E-state index is 0.506. The van der Waals surface area contributed by atoms with Gasteiger partial charge in [0.05, 0.1) is 25.4 Å². The first kappa shape index (κ1) is 19.3. The Balaban J connectivity index is 1.58. The fraction of sp³-hybridized carbons (Fsp3) is 0.130. The van der Waals surface area contributed by atoms with Crippen LogP contribution in [0.1, 0.15) is 11.3 Å². The predicted molar refractivity (Wildman–Crippen MR) is 118 cm³/mol. The molecule has 0 radical (unpaired) electrons. The number of hydrogen-bond acceptors (Lipinski definition) is 7. The molecule has 0 atom stereocenters. The summed E-state index contributed by atoms with van der Waals surface area (Å²) in [5.74, 6) is 2.36. The van der Waals surface area contributed by atoms with Gasteiger partial charge < -0.3 is 9.15 Å². The maximum atomic E-state index is 5.59. The summed E-state index contributed by atoms with van der Waals surface area (Å²) in [4.78, 5) is 8.90. The van der Waals surface area contributed by atoms with Gasteiger partial charge in [0.15, 0.2) is 11.0 Å². The van der Waals surface area contributed by atoms with E-state index in [9.17, 15) is 0 Å². The number of nitrogens with zero attached hydrogens (tertiary/aromatic N) is 5. The molecule has 154 valence electrons. The predicted octanol–water partition coefficient (Wildman–Crippen LogP) is 5.00. The molecule has 3 aromatic heterocycles. The summed E-state index contributed by atoms with van der Waals surface area (Å²) in [6, 6.07) is 17.7. The van der Waals surface area contributed by atoms with E-state index in [4.69, 9.17) is 9.15 Å². The zero-order valence-electron chi connectivity index (χ0n) is 17.0. The zero-order chi connectivity index (χ0) is 21.2. The second kappa shape index (κ2) is 8.23. The van der Waals surface area contributed by atoms with Crippen LogP contribution in [0.3, 0.4) is 0 Å². The Kier molecular flexibility index (Phi) is 5.13. The van der Waals surface area contributed by atoms with Crippen LogP contribution in [-0.4, -0.2) is 31.8 Å². The summed E-state index contributed by atoms with van der Waals surface area (Å²) in [5.41, 5.74) is 2.99. The number of furan rings is 1. The first-order valence-electron chi connectivity index (χ1n) is 9.70. The lowest BCUT2D eigenvalue weighted by Crippen LogP contribution is -2.03. The molecule has 0 spiro atoms. The number of ether oxygens (including phenoxy) is 1. The van der Waals surface area contributed by atoms with Crippen LogP contribution in [0.4, 0.5) is 0 Å². The van der Waals surface area contributed by atoms with Crippen molar-refractivity contribution in [2.45, 2.75) is 23.7 Å². The van der Waals surface area contributed by atoms with Crippen LogP contribution >= 0.6 is 11.8 Å². The number of hydrogen-bond donors (Lipinski definition) is 0. The van der Waals surface area contributed by atoms with Gasteiger partial charge in [-0.2, -0.15) is 0 Å². The maximum Gasteiger partial charge on any atom is 0.198 e. The lowest BCUT2D eigenvalue weighted by atomic mass is 10.2. The van der Waals surface area contributed by atoms with Gasteiger partial charge in [0, 0.05) is 10.9 Å². The molecule has 0 aliphatic heterocycles. The van der Waals surface area contributed by atoms with E-state index in [2.05, 4.69) is 33.2 Å². The highest BCUT2D eigenvalue weighted by Crippen LogP contribution is 2.33. The van der Waals surface area contributed by atoms with Gasteiger partial charge in [-0.25, -0.2) is 9.97 Å².